The van der Waals surface area contributed by atoms with Crippen molar-refractivity contribution in [2.75, 3.05) is 23.3 Å². The summed E-state index contributed by atoms with van der Waals surface area (Å²) in [6.07, 6.45) is 7.01. The molecule has 1 aliphatic heterocycles. The fourth-order valence-electron chi connectivity index (χ4n) is 3.79. The minimum absolute atomic E-state index is 0.0260. The highest BCUT2D eigenvalue weighted by Crippen LogP contribution is 2.29. The Morgan fingerprint density at radius 2 is 1.94 bits per heavy atom. The van der Waals surface area contributed by atoms with E-state index in [0.717, 1.165) is 29.9 Å². The summed E-state index contributed by atoms with van der Waals surface area (Å²) in [6.45, 7) is 5.72. The molecular weight excluding hydrogens is 408 g/mol. The van der Waals surface area contributed by atoms with E-state index in [1.807, 2.05) is 36.4 Å². The molecule has 2 heterocycles. The van der Waals surface area contributed by atoms with Crippen molar-refractivity contribution in [3.63, 3.8) is 0 Å². The van der Waals surface area contributed by atoms with Crippen molar-refractivity contribution in [3.8, 4) is 11.3 Å². The third kappa shape index (κ3) is 5.30. The number of ketones is 1. The molecule has 1 fully saturated rings. The Balaban J connectivity index is 1.57. The maximum absolute atomic E-state index is 11.7. The Hall–Kier alpha value is -3.18. The molecule has 0 spiro atoms. The molecule has 0 bridgehead atoms. The largest absolute Gasteiger partial charge is 0.371 e. The van der Waals surface area contributed by atoms with Crippen LogP contribution in [0.4, 0.5) is 17.3 Å². The summed E-state index contributed by atoms with van der Waals surface area (Å²) in [5.41, 5.74) is 4.49. The summed E-state index contributed by atoms with van der Waals surface area (Å²) in [5, 5.41) is 3.76. The molecule has 2 aromatic carbocycles. The van der Waals surface area contributed by atoms with Crippen LogP contribution in [0, 0.1) is 0 Å². The second kappa shape index (κ2) is 9.75. The molecule has 0 unspecified atom stereocenters. The Labute approximate surface area is 187 Å². The predicted molar refractivity (Wildman–Crippen MR) is 127 cm³/mol. The first-order valence-electron chi connectivity index (χ1n) is 10.5. The highest BCUT2D eigenvalue weighted by atomic mass is 35.5. The number of carbonyl (C=O) groups excluding carboxylic acids is 1. The smallest absolute Gasteiger partial charge is 0.227 e. The van der Waals surface area contributed by atoms with Crippen LogP contribution in [0.3, 0.4) is 0 Å². The van der Waals surface area contributed by atoms with Crippen molar-refractivity contribution in [1.82, 2.24) is 9.97 Å². The van der Waals surface area contributed by atoms with Gasteiger partial charge in [-0.2, -0.15) is 0 Å². The molecule has 0 radical (unpaired) electrons. The number of halogens is 1. The number of nitrogens with zero attached hydrogens (tertiary/aromatic N) is 3. The molecule has 4 rings (SSSR count). The quantitative estimate of drug-likeness (QED) is 0.476. The summed E-state index contributed by atoms with van der Waals surface area (Å²) in [7, 11) is 0. The molecule has 0 saturated carbocycles. The van der Waals surface area contributed by atoms with Crippen LogP contribution < -0.4 is 10.2 Å². The standard InChI is InChI=1S/C25H25ClN4O/c1-2-22(31)15-18-8-6-9-19(14-18)24-23(26)17-27-25(29-24)28-20-10-7-11-21(16-20)30-12-4-3-5-13-30/h2,6-11,14,16-17H,1,3-5,12-13,15H2,(H,27,28,29). The number of piperidine rings is 1. The van der Waals surface area contributed by atoms with Gasteiger partial charge in [0.25, 0.3) is 0 Å². The second-order valence-electron chi connectivity index (χ2n) is 7.66. The molecule has 1 N–H and O–H groups in total. The van der Waals surface area contributed by atoms with Crippen LogP contribution in [0.2, 0.25) is 5.02 Å². The third-order valence-electron chi connectivity index (χ3n) is 5.37. The molecule has 0 aliphatic carbocycles. The van der Waals surface area contributed by atoms with Crippen molar-refractivity contribution in [3.05, 3.63) is 78.0 Å². The van der Waals surface area contributed by atoms with Gasteiger partial charge in [0, 0.05) is 36.4 Å². The zero-order valence-corrected chi connectivity index (χ0v) is 18.1. The Kier molecular flexibility index (Phi) is 6.63. The van der Waals surface area contributed by atoms with Crippen molar-refractivity contribution in [1.29, 1.82) is 0 Å². The zero-order chi connectivity index (χ0) is 21.6. The van der Waals surface area contributed by atoms with Gasteiger partial charge in [-0.25, -0.2) is 9.97 Å². The summed E-state index contributed by atoms with van der Waals surface area (Å²) in [6, 6.07) is 16.0. The van der Waals surface area contributed by atoms with E-state index in [2.05, 4.69) is 38.9 Å². The molecule has 0 atom stereocenters. The van der Waals surface area contributed by atoms with E-state index in [1.54, 1.807) is 6.20 Å². The van der Waals surface area contributed by atoms with Crippen LogP contribution in [0.25, 0.3) is 11.3 Å². The van der Waals surface area contributed by atoms with E-state index >= 15 is 0 Å². The number of hydrogen-bond acceptors (Lipinski definition) is 5. The number of hydrogen-bond donors (Lipinski definition) is 1. The highest BCUT2D eigenvalue weighted by Gasteiger charge is 2.13. The lowest BCUT2D eigenvalue weighted by molar-refractivity contribution is -0.114. The molecule has 31 heavy (non-hydrogen) atoms. The van der Waals surface area contributed by atoms with Crippen LogP contribution in [0.1, 0.15) is 24.8 Å². The topological polar surface area (TPSA) is 58.1 Å². The van der Waals surface area contributed by atoms with E-state index < -0.39 is 0 Å². The van der Waals surface area contributed by atoms with E-state index in [1.165, 1.54) is 31.0 Å². The van der Waals surface area contributed by atoms with E-state index in [0.29, 0.717) is 23.1 Å². The average Bonchev–Trinajstić information content (AvgIpc) is 2.81. The summed E-state index contributed by atoms with van der Waals surface area (Å²) in [4.78, 5) is 23.1. The van der Waals surface area contributed by atoms with Gasteiger partial charge in [-0.1, -0.05) is 42.4 Å². The SMILES string of the molecule is C=CC(=O)Cc1cccc(-c2nc(Nc3cccc(N4CCCCC4)c3)ncc2Cl)c1. The molecular formula is C25H25ClN4O. The maximum atomic E-state index is 11.7. The van der Waals surface area contributed by atoms with Crippen LogP contribution in [0.5, 0.6) is 0 Å². The summed E-state index contributed by atoms with van der Waals surface area (Å²) in [5.74, 6) is 0.449. The van der Waals surface area contributed by atoms with Gasteiger partial charge in [-0.15, -0.1) is 0 Å². The normalized spacial score (nSPS) is 13.6. The van der Waals surface area contributed by atoms with Crippen LogP contribution in [0.15, 0.2) is 67.4 Å². The molecule has 0 amide bonds. The lowest BCUT2D eigenvalue weighted by atomic mass is 10.0. The number of benzene rings is 2. The monoisotopic (exact) mass is 432 g/mol. The Morgan fingerprint density at radius 3 is 2.74 bits per heavy atom. The van der Waals surface area contributed by atoms with Crippen molar-refractivity contribution >= 4 is 34.7 Å². The first-order valence-corrected chi connectivity index (χ1v) is 10.9. The lowest BCUT2D eigenvalue weighted by Gasteiger charge is -2.29. The fraction of sp³-hybridized carbons (Fsp3) is 0.240. The number of aromatic nitrogens is 2. The van der Waals surface area contributed by atoms with Gasteiger partial charge in [0.1, 0.15) is 0 Å². The third-order valence-corrected chi connectivity index (χ3v) is 5.65. The molecule has 5 nitrogen and oxygen atoms in total. The minimum Gasteiger partial charge on any atom is -0.371 e. The first kappa shape index (κ1) is 21.1. The van der Waals surface area contributed by atoms with Gasteiger partial charge in [-0.3, -0.25) is 4.79 Å². The van der Waals surface area contributed by atoms with Gasteiger partial charge in [0.05, 0.1) is 16.9 Å². The van der Waals surface area contributed by atoms with Gasteiger partial charge in [-0.05, 0) is 55.2 Å². The number of carbonyl (C=O) groups is 1. The zero-order valence-electron chi connectivity index (χ0n) is 17.4. The van der Waals surface area contributed by atoms with Gasteiger partial charge >= 0.3 is 0 Å². The van der Waals surface area contributed by atoms with Crippen molar-refractivity contribution in [2.24, 2.45) is 0 Å². The number of allylic oxidation sites excluding steroid dienone is 1. The Morgan fingerprint density at radius 1 is 1.13 bits per heavy atom. The van der Waals surface area contributed by atoms with Crippen LogP contribution >= 0.6 is 11.6 Å². The molecule has 158 valence electrons. The second-order valence-corrected chi connectivity index (χ2v) is 8.07. The first-order chi connectivity index (χ1) is 15.1. The molecule has 1 aliphatic rings. The van der Waals surface area contributed by atoms with Crippen LogP contribution in [-0.4, -0.2) is 28.8 Å². The minimum atomic E-state index is -0.0260. The van der Waals surface area contributed by atoms with Gasteiger partial charge < -0.3 is 10.2 Å². The molecule has 3 aromatic rings. The number of nitrogens with one attached hydrogen (secondary N) is 1. The van der Waals surface area contributed by atoms with Crippen molar-refractivity contribution in [2.45, 2.75) is 25.7 Å². The lowest BCUT2D eigenvalue weighted by Crippen LogP contribution is -2.29. The fourth-order valence-corrected chi connectivity index (χ4v) is 3.99. The number of anilines is 3. The summed E-state index contributed by atoms with van der Waals surface area (Å²) >= 11 is 6.40. The van der Waals surface area contributed by atoms with Gasteiger partial charge in [0.2, 0.25) is 5.95 Å². The van der Waals surface area contributed by atoms with Crippen LogP contribution in [-0.2, 0) is 11.2 Å². The highest BCUT2D eigenvalue weighted by molar-refractivity contribution is 6.32. The van der Waals surface area contributed by atoms with Gasteiger partial charge in [0.15, 0.2) is 5.78 Å². The Bertz CT molecular complexity index is 1090. The number of rotatable bonds is 7. The average molecular weight is 433 g/mol. The summed E-state index contributed by atoms with van der Waals surface area (Å²) < 4.78 is 0. The van der Waals surface area contributed by atoms with Crippen molar-refractivity contribution < 1.29 is 4.79 Å². The maximum Gasteiger partial charge on any atom is 0.227 e. The molecule has 1 saturated heterocycles. The van der Waals surface area contributed by atoms with E-state index in [-0.39, 0.29) is 5.78 Å². The predicted octanol–water partition coefficient (Wildman–Crippen LogP) is 5.83. The molecule has 6 heteroatoms. The molecule has 1 aromatic heterocycles. The van der Waals surface area contributed by atoms with E-state index in [4.69, 9.17) is 11.6 Å². The van der Waals surface area contributed by atoms with E-state index in [9.17, 15) is 4.79 Å².